The van der Waals surface area contributed by atoms with Crippen LogP contribution in [0.5, 0.6) is 5.75 Å². The lowest BCUT2D eigenvalue weighted by Crippen LogP contribution is -2.26. The van der Waals surface area contributed by atoms with E-state index in [0.29, 0.717) is 17.9 Å². The molecule has 25 heavy (non-hydrogen) atoms. The summed E-state index contributed by atoms with van der Waals surface area (Å²) in [6, 6.07) is 8.01. The van der Waals surface area contributed by atoms with Gasteiger partial charge in [0.1, 0.15) is 5.75 Å². The molecule has 0 heterocycles. The Labute approximate surface area is 153 Å². The third kappa shape index (κ3) is 5.89. The van der Waals surface area contributed by atoms with Crippen molar-refractivity contribution >= 4 is 6.08 Å². The second kappa shape index (κ2) is 9.05. The predicted molar refractivity (Wildman–Crippen MR) is 107 cm³/mol. The van der Waals surface area contributed by atoms with E-state index >= 15 is 0 Å². The minimum Gasteiger partial charge on any atom is -0.497 e. The Morgan fingerprint density at radius 2 is 1.96 bits per heavy atom. The second-order valence-corrected chi connectivity index (χ2v) is 7.55. The molecule has 0 spiro atoms. The number of methoxy groups -OCH3 is 1. The number of allylic oxidation sites excluding steroid dienone is 3. The molecule has 0 aliphatic heterocycles. The van der Waals surface area contributed by atoms with Gasteiger partial charge in [0, 0.05) is 5.92 Å². The van der Waals surface area contributed by atoms with Crippen LogP contribution in [-0.4, -0.2) is 19.8 Å². The van der Waals surface area contributed by atoms with Crippen LogP contribution in [0.4, 0.5) is 0 Å². The van der Waals surface area contributed by atoms with Crippen LogP contribution in [0.1, 0.15) is 46.1 Å². The van der Waals surface area contributed by atoms with Crippen LogP contribution in [0.2, 0.25) is 0 Å². The van der Waals surface area contributed by atoms with Gasteiger partial charge in [-0.2, -0.15) is 0 Å². The van der Waals surface area contributed by atoms with Crippen molar-refractivity contribution in [1.29, 1.82) is 0 Å². The highest BCUT2D eigenvalue weighted by Gasteiger charge is 2.30. The van der Waals surface area contributed by atoms with Gasteiger partial charge in [-0.1, -0.05) is 61.9 Å². The summed E-state index contributed by atoms with van der Waals surface area (Å²) in [7, 11) is 1.68. The molecule has 0 saturated carbocycles. The van der Waals surface area contributed by atoms with E-state index in [0.717, 1.165) is 11.3 Å². The zero-order chi connectivity index (χ0) is 18.3. The maximum Gasteiger partial charge on any atom is 0.118 e. The van der Waals surface area contributed by atoms with Crippen molar-refractivity contribution in [3.05, 3.63) is 59.7 Å². The lowest BCUT2D eigenvalue weighted by atomic mass is 9.68. The van der Waals surface area contributed by atoms with Gasteiger partial charge in [0.15, 0.2) is 0 Å². The third-order valence-electron chi connectivity index (χ3n) is 5.04. The van der Waals surface area contributed by atoms with Crippen molar-refractivity contribution in [2.24, 2.45) is 11.3 Å². The van der Waals surface area contributed by atoms with Crippen LogP contribution < -0.4 is 4.74 Å². The van der Waals surface area contributed by atoms with Gasteiger partial charge in [-0.15, -0.1) is 0 Å². The molecule has 0 saturated heterocycles. The highest BCUT2D eigenvalue weighted by Crippen LogP contribution is 2.41. The molecule has 2 rings (SSSR count). The Morgan fingerprint density at radius 1 is 1.24 bits per heavy atom. The quantitative estimate of drug-likeness (QED) is 0.562. The molecule has 0 N–H and O–H groups in total. The summed E-state index contributed by atoms with van der Waals surface area (Å²) in [5, 5.41) is 0. The Morgan fingerprint density at radius 3 is 2.60 bits per heavy atom. The molecular formula is C23H32O2. The number of ether oxygens (including phenoxy) is 2. The van der Waals surface area contributed by atoms with Crippen molar-refractivity contribution in [2.45, 2.75) is 46.6 Å². The second-order valence-electron chi connectivity index (χ2n) is 7.55. The summed E-state index contributed by atoms with van der Waals surface area (Å²) < 4.78 is 11.1. The van der Waals surface area contributed by atoms with E-state index in [4.69, 9.17) is 9.47 Å². The first-order chi connectivity index (χ1) is 11.9. The molecule has 2 heteroatoms. The molecule has 1 aromatic rings. The molecular weight excluding hydrogens is 308 g/mol. The Bertz CT molecular complexity index is 620. The summed E-state index contributed by atoms with van der Waals surface area (Å²) in [4.78, 5) is 0. The van der Waals surface area contributed by atoms with Crippen LogP contribution in [0.15, 0.2) is 54.1 Å². The van der Waals surface area contributed by atoms with Crippen LogP contribution in [0, 0.1) is 11.3 Å². The standard InChI is InChI=1S/C23H32O2/c1-18-8-6-16-23(3,4)22(18)15-10-19(2)25-17-7-9-20-11-13-21(24-5)14-12-20/h7-15,19,22H,6,16-17H2,1-5H3. The monoisotopic (exact) mass is 340 g/mol. The molecule has 0 amide bonds. The van der Waals surface area contributed by atoms with Crippen molar-refractivity contribution in [1.82, 2.24) is 0 Å². The SMILES string of the molecule is COc1ccc(C=CCOC(C)C=CC2C(C)=CCCC2(C)C)cc1. The van der Waals surface area contributed by atoms with E-state index in [9.17, 15) is 0 Å². The molecule has 0 aromatic heterocycles. The van der Waals surface area contributed by atoms with E-state index in [-0.39, 0.29) is 6.10 Å². The van der Waals surface area contributed by atoms with E-state index < -0.39 is 0 Å². The number of hydrogen-bond acceptors (Lipinski definition) is 2. The zero-order valence-corrected chi connectivity index (χ0v) is 16.3. The van der Waals surface area contributed by atoms with Gasteiger partial charge >= 0.3 is 0 Å². The number of benzene rings is 1. The third-order valence-corrected chi connectivity index (χ3v) is 5.04. The minimum atomic E-state index is 0.117. The lowest BCUT2D eigenvalue weighted by molar-refractivity contribution is 0.122. The molecule has 2 unspecified atom stereocenters. The van der Waals surface area contributed by atoms with Crippen LogP contribution in [0.3, 0.4) is 0 Å². The first-order valence-corrected chi connectivity index (χ1v) is 9.19. The fourth-order valence-corrected chi connectivity index (χ4v) is 3.41. The summed E-state index contributed by atoms with van der Waals surface area (Å²) in [5.41, 5.74) is 2.97. The fraction of sp³-hybridized carbons (Fsp3) is 0.478. The molecule has 136 valence electrons. The fourth-order valence-electron chi connectivity index (χ4n) is 3.41. The maximum absolute atomic E-state index is 5.89. The number of hydrogen-bond donors (Lipinski definition) is 0. The topological polar surface area (TPSA) is 18.5 Å². The van der Waals surface area contributed by atoms with Crippen molar-refractivity contribution in [3.8, 4) is 5.75 Å². The van der Waals surface area contributed by atoms with Crippen molar-refractivity contribution in [3.63, 3.8) is 0 Å². The Hall–Kier alpha value is -1.80. The smallest absolute Gasteiger partial charge is 0.118 e. The van der Waals surface area contributed by atoms with Gasteiger partial charge in [-0.25, -0.2) is 0 Å². The minimum absolute atomic E-state index is 0.117. The molecule has 0 bridgehead atoms. The van der Waals surface area contributed by atoms with Gasteiger partial charge in [0.05, 0.1) is 19.8 Å². The zero-order valence-electron chi connectivity index (χ0n) is 16.3. The molecule has 1 aliphatic rings. The molecule has 2 atom stereocenters. The van der Waals surface area contributed by atoms with E-state index in [1.807, 2.05) is 24.3 Å². The average molecular weight is 341 g/mol. The Balaban J connectivity index is 1.81. The van der Waals surface area contributed by atoms with Crippen LogP contribution >= 0.6 is 0 Å². The predicted octanol–water partition coefficient (Wildman–Crippen LogP) is 6.05. The summed E-state index contributed by atoms with van der Waals surface area (Å²) in [5.74, 6) is 1.39. The highest BCUT2D eigenvalue weighted by molar-refractivity contribution is 5.50. The molecule has 1 aromatic carbocycles. The van der Waals surface area contributed by atoms with Gasteiger partial charge in [0.25, 0.3) is 0 Å². The van der Waals surface area contributed by atoms with E-state index in [2.05, 4.69) is 58.1 Å². The highest BCUT2D eigenvalue weighted by atomic mass is 16.5. The summed E-state index contributed by atoms with van der Waals surface area (Å²) in [6.45, 7) is 9.69. The van der Waals surface area contributed by atoms with Gasteiger partial charge in [-0.3, -0.25) is 0 Å². The molecule has 2 nitrogen and oxygen atoms in total. The van der Waals surface area contributed by atoms with E-state index in [1.165, 1.54) is 18.4 Å². The Kier molecular flexibility index (Phi) is 7.07. The van der Waals surface area contributed by atoms with Crippen LogP contribution in [0.25, 0.3) is 6.08 Å². The molecule has 1 aliphatic carbocycles. The van der Waals surface area contributed by atoms with Gasteiger partial charge in [-0.05, 0) is 49.8 Å². The largest absolute Gasteiger partial charge is 0.497 e. The molecule has 0 radical (unpaired) electrons. The first kappa shape index (κ1) is 19.5. The summed E-state index contributed by atoms with van der Waals surface area (Å²) >= 11 is 0. The van der Waals surface area contributed by atoms with Crippen LogP contribution in [-0.2, 0) is 4.74 Å². The summed E-state index contributed by atoms with van der Waals surface area (Å²) in [6.07, 6.45) is 13.6. The number of rotatable bonds is 7. The van der Waals surface area contributed by atoms with Crippen molar-refractivity contribution < 1.29 is 9.47 Å². The van der Waals surface area contributed by atoms with E-state index in [1.54, 1.807) is 7.11 Å². The van der Waals surface area contributed by atoms with Gasteiger partial charge < -0.3 is 9.47 Å². The lowest BCUT2D eigenvalue weighted by Gasteiger charge is -2.36. The van der Waals surface area contributed by atoms with Gasteiger partial charge in [0.2, 0.25) is 0 Å². The average Bonchev–Trinajstić information content (AvgIpc) is 2.58. The maximum atomic E-state index is 5.89. The molecule has 0 fully saturated rings. The first-order valence-electron chi connectivity index (χ1n) is 9.19. The van der Waals surface area contributed by atoms with Crippen molar-refractivity contribution in [2.75, 3.05) is 13.7 Å². The normalized spacial score (nSPS) is 21.5.